The Bertz CT molecular complexity index is 2210. The predicted molar refractivity (Wildman–Crippen MR) is 248 cm³/mol. The normalized spacial score (nSPS) is 12.1. The first kappa shape index (κ1) is 40.5. The highest BCUT2D eigenvalue weighted by atomic mass is 31.2. The first-order chi connectivity index (χ1) is 30.6. The second-order valence-electron chi connectivity index (χ2n) is 15.1. The van der Waals surface area contributed by atoms with Crippen LogP contribution >= 0.6 is 7.82 Å². The van der Waals surface area contributed by atoms with Gasteiger partial charge in [-0.2, -0.15) is 0 Å². The van der Waals surface area contributed by atoms with Gasteiger partial charge in [0.2, 0.25) is 0 Å². The Morgan fingerprint density at radius 2 is 0.323 bits per heavy atom. The maximum absolute atomic E-state index is 17.8. The molecule has 9 rings (SSSR count). The molecule has 4 nitrogen and oxygen atoms in total. The van der Waals surface area contributed by atoms with E-state index in [2.05, 4.69) is 0 Å². The van der Waals surface area contributed by atoms with Crippen molar-refractivity contribution in [1.82, 2.24) is 0 Å². The first-order valence-electron chi connectivity index (χ1n) is 20.8. The molecule has 0 aliphatic carbocycles. The van der Waals surface area contributed by atoms with Crippen molar-refractivity contribution in [3.63, 3.8) is 0 Å². The minimum atomic E-state index is -5.07. The molecule has 9 aromatic rings. The first-order valence-corrected chi connectivity index (χ1v) is 22.2. The van der Waals surface area contributed by atoms with Gasteiger partial charge in [0.05, 0.1) is 0 Å². The molecule has 5 heteroatoms. The van der Waals surface area contributed by atoms with Gasteiger partial charge in [-0.15, -0.1) is 0 Å². The van der Waals surface area contributed by atoms with Crippen molar-refractivity contribution in [3.05, 3.63) is 323 Å². The van der Waals surface area contributed by atoms with Crippen molar-refractivity contribution in [1.29, 1.82) is 0 Å². The van der Waals surface area contributed by atoms with E-state index >= 15 is 4.57 Å². The van der Waals surface area contributed by atoms with Crippen LogP contribution in [-0.4, -0.2) is 0 Å². The molecule has 0 aliphatic heterocycles. The minimum Gasteiger partial charge on any atom is -0.265 e. The SMILES string of the molecule is O=P(OC(c1ccccc1)(c1ccccc1)c1ccccc1)(OC(c1ccccc1)(c1ccccc1)c1ccccc1)OC(c1ccccc1)(c1ccccc1)c1ccccc1. The van der Waals surface area contributed by atoms with Crippen LogP contribution in [0.4, 0.5) is 0 Å². The Labute approximate surface area is 364 Å². The molecule has 0 saturated heterocycles. The zero-order valence-corrected chi connectivity index (χ0v) is 35.0. The van der Waals surface area contributed by atoms with E-state index in [1.807, 2.05) is 273 Å². The molecule has 0 bridgehead atoms. The maximum atomic E-state index is 17.8. The van der Waals surface area contributed by atoms with Gasteiger partial charge in [0.15, 0.2) is 16.8 Å². The fraction of sp³-hybridized carbons (Fsp3) is 0.0526. The summed E-state index contributed by atoms with van der Waals surface area (Å²) in [4.78, 5) is 0. The van der Waals surface area contributed by atoms with Crippen LogP contribution in [0.5, 0.6) is 0 Å². The monoisotopic (exact) mass is 824 g/mol. The van der Waals surface area contributed by atoms with Crippen LogP contribution in [0, 0.1) is 0 Å². The third kappa shape index (κ3) is 7.66. The van der Waals surface area contributed by atoms with Crippen molar-refractivity contribution < 1.29 is 18.1 Å². The lowest BCUT2D eigenvalue weighted by atomic mass is 9.80. The number of rotatable bonds is 15. The molecule has 0 amide bonds. The maximum Gasteiger partial charge on any atom is 0.479 e. The van der Waals surface area contributed by atoms with Crippen molar-refractivity contribution in [2.75, 3.05) is 0 Å². The zero-order chi connectivity index (χ0) is 42.1. The van der Waals surface area contributed by atoms with Crippen molar-refractivity contribution >= 4 is 7.82 Å². The smallest absolute Gasteiger partial charge is 0.265 e. The summed E-state index contributed by atoms with van der Waals surface area (Å²) in [6, 6.07) is 89.2. The number of phosphoric ester groups is 1. The van der Waals surface area contributed by atoms with Crippen LogP contribution in [0.15, 0.2) is 273 Å². The van der Waals surface area contributed by atoms with Gasteiger partial charge >= 0.3 is 7.82 Å². The molecule has 0 spiro atoms. The van der Waals surface area contributed by atoms with E-state index < -0.39 is 24.6 Å². The quantitative estimate of drug-likeness (QED) is 0.0763. The summed E-state index contributed by atoms with van der Waals surface area (Å²) in [6.07, 6.45) is 0. The summed E-state index contributed by atoms with van der Waals surface area (Å²) in [6.45, 7) is 0. The van der Waals surface area contributed by atoms with Gasteiger partial charge in [0.1, 0.15) is 0 Å². The van der Waals surface area contributed by atoms with E-state index in [0.717, 1.165) is 50.1 Å². The van der Waals surface area contributed by atoms with Gasteiger partial charge in [-0.05, 0) is 50.1 Å². The van der Waals surface area contributed by atoms with Gasteiger partial charge in [-0.25, -0.2) is 4.57 Å². The minimum absolute atomic E-state index is 0.735. The topological polar surface area (TPSA) is 44.8 Å². The molecule has 62 heavy (non-hydrogen) atoms. The lowest BCUT2D eigenvalue weighted by Gasteiger charge is -2.45. The van der Waals surface area contributed by atoms with Crippen LogP contribution in [-0.2, 0) is 34.9 Å². The second-order valence-corrected chi connectivity index (χ2v) is 16.5. The van der Waals surface area contributed by atoms with E-state index in [1.165, 1.54) is 0 Å². The molecule has 302 valence electrons. The molecule has 0 fully saturated rings. The molecule has 0 N–H and O–H groups in total. The van der Waals surface area contributed by atoms with E-state index in [1.54, 1.807) is 0 Å². The molecule has 0 atom stereocenters. The van der Waals surface area contributed by atoms with Gasteiger partial charge in [0, 0.05) is 0 Å². The molecular formula is C57H45O4P. The Morgan fingerprint density at radius 3 is 0.435 bits per heavy atom. The Hall–Kier alpha value is -6.91. The summed E-state index contributed by atoms with van der Waals surface area (Å²) in [5.41, 5.74) is 2.01. The summed E-state index contributed by atoms with van der Waals surface area (Å²) in [5.74, 6) is 0. The molecule has 0 radical (unpaired) electrons. The molecular weight excluding hydrogens is 780 g/mol. The molecule has 0 saturated carbocycles. The Kier molecular flexibility index (Phi) is 11.7. The van der Waals surface area contributed by atoms with Crippen molar-refractivity contribution in [3.8, 4) is 0 Å². The summed E-state index contributed by atoms with van der Waals surface area (Å²) < 4.78 is 41.0. The number of benzene rings is 9. The van der Waals surface area contributed by atoms with Gasteiger partial charge < -0.3 is 0 Å². The van der Waals surface area contributed by atoms with Gasteiger partial charge in [-0.3, -0.25) is 13.6 Å². The van der Waals surface area contributed by atoms with E-state index in [0.29, 0.717) is 0 Å². The Balaban J connectivity index is 1.42. The molecule has 0 aromatic heterocycles. The molecule has 9 aromatic carbocycles. The highest BCUT2D eigenvalue weighted by molar-refractivity contribution is 7.48. The third-order valence-corrected chi connectivity index (χ3v) is 12.9. The summed E-state index contributed by atoms with van der Waals surface area (Å²) in [5, 5.41) is 0. The second kappa shape index (κ2) is 18.0. The van der Waals surface area contributed by atoms with Crippen LogP contribution in [0.25, 0.3) is 0 Å². The van der Waals surface area contributed by atoms with Crippen molar-refractivity contribution in [2.45, 2.75) is 16.8 Å². The Morgan fingerprint density at radius 1 is 0.210 bits per heavy atom. The molecule has 0 unspecified atom stereocenters. The lowest BCUT2D eigenvalue weighted by Crippen LogP contribution is -2.39. The summed E-state index contributed by atoms with van der Waals surface area (Å²) >= 11 is 0. The molecule has 0 aliphatic rings. The standard InChI is InChI=1S/C57H45O4P/c58-62(59-55(46-28-10-1-11-29-46,47-30-12-2-13-31-47)48-32-14-3-15-33-48,60-56(49-34-16-4-17-35-49,50-36-18-5-19-37-50)51-38-20-6-21-39-51)61-57(52-40-22-7-23-41-52,53-42-24-8-25-43-53)54-44-26-9-27-45-54/h1-45H. The highest BCUT2D eigenvalue weighted by Crippen LogP contribution is 2.67. The van der Waals surface area contributed by atoms with Crippen LogP contribution in [0.2, 0.25) is 0 Å². The van der Waals surface area contributed by atoms with Gasteiger partial charge in [0.25, 0.3) is 0 Å². The fourth-order valence-corrected chi connectivity index (χ4v) is 10.7. The van der Waals surface area contributed by atoms with Crippen LogP contribution in [0.3, 0.4) is 0 Å². The highest BCUT2D eigenvalue weighted by Gasteiger charge is 2.56. The van der Waals surface area contributed by atoms with E-state index in [-0.39, 0.29) is 0 Å². The van der Waals surface area contributed by atoms with E-state index in [9.17, 15) is 0 Å². The van der Waals surface area contributed by atoms with Crippen LogP contribution < -0.4 is 0 Å². The number of hydrogen-bond acceptors (Lipinski definition) is 4. The van der Waals surface area contributed by atoms with E-state index in [4.69, 9.17) is 13.6 Å². The van der Waals surface area contributed by atoms with Crippen LogP contribution in [0.1, 0.15) is 50.1 Å². The summed E-state index contributed by atoms with van der Waals surface area (Å²) in [7, 11) is -5.07. The predicted octanol–water partition coefficient (Wildman–Crippen LogP) is 14.1. The number of phosphoric acid groups is 1. The van der Waals surface area contributed by atoms with Crippen molar-refractivity contribution in [2.24, 2.45) is 0 Å². The molecule has 0 heterocycles. The fourth-order valence-electron chi connectivity index (χ4n) is 8.59. The van der Waals surface area contributed by atoms with Gasteiger partial charge in [-0.1, -0.05) is 273 Å². The third-order valence-electron chi connectivity index (χ3n) is 11.4. The average molecular weight is 825 g/mol. The largest absolute Gasteiger partial charge is 0.479 e. The zero-order valence-electron chi connectivity index (χ0n) is 34.1. The average Bonchev–Trinajstić information content (AvgIpc) is 3.37. The lowest BCUT2D eigenvalue weighted by molar-refractivity contribution is -0.0121. The number of hydrogen-bond donors (Lipinski definition) is 0.